The van der Waals surface area contributed by atoms with Crippen molar-refractivity contribution in [3.8, 4) is 0 Å². The van der Waals surface area contributed by atoms with E-state index in [1.807, 2.05) is 50.2 Å². The van der Waals surface area contributed by atoms with Crippen LogP contribution in [0.4, 0.5) is 0 Å². The number of benzene rings is 3. The zero-order valence-electron chi connectivity index (χ0n) is 23.1. The van der Waals surface area contributed by atoms with Gasteiger partial charge in [0.25, 0.3) is 15.9 Å². The van der Waals surface area contributed by atoms with Gasteiger partial charge in [0.1, 0.15) is 10.9 Å². The van der Waals surface area contributed by atoms with Crippen molar-refractivity contribution in [2.24, 2.45) is 5.92 Å². The molecule has 1 N–H and O–H groups in total. The van der Waals surface area contributed by atoms with E-state index in [1.165, 1.54) is 17.0 Å². The first-order valence-corrected chi connectivity index (χ1v) is 15.4. The van der Waals surface area contributed by atoms with E-state index in [4.69, 9.17) is 11.6 Å². The first kappa shape index (κ1) is 30.3. The normalized spacial score (nSPS) is 14.5. The molecule has 1 atom stereocenters. The molecular formula is C31H34ClN3O5S. The third-order valence-electron chi connectivity index (χ3n) is 6.86. The molecule has 0 saturated heterocycles. The van der Waals surface area contributed by atoms with Gasteiger partial charge < -0.3 is 10.2 Å². The number of rotatable bonds is 12. The predicted molar refractivity (Wildman–Crippen MR) is 158 cm³/mol. The monoisotopic (exact) mass is 595 g/mol. The number of carbonyl (C=O) groups excluding carboxylic acids is 3. The van der Waals surface area contributed by atoms with E-state index in [0.29, 0.717) is 18.0 Å². The average molecular weight is 596 g/mol. The van der Waals surface area contributed by atoms with Crippen molar-refractivity contribution in [3.63, 3.8) is 0 Å². The molecule has 0 radical (unpaired) electrons. The second kappa shape index (κ2) is 13.3. The Balaban J connectivity index is 1.56. The molecule has 3 amide bonds. The van der Waals surface area contributed by atoms with Gasteiger partial charge in [-0.05, 0) is 47.7 Å². The summed E-state index contributed by atoms with van der Waals surface area (Å²) in [5, 5.41) is 3.48. The predicted octanol–water partition coefficient (Wildman–Crippen LogP) is 4.68. The smallest absolute Gasteiger partial charge is 0.269 e. The van der Waals surface area contributed by atoms with Gasteiger partial charge in [0.05, 0.1) is 5.56 Å². The molecule has 1 heterocycles. The molecule has 3 aromatic carbocycles. The molecule has 0 unspecified atom stereocenters. The number of amides is 3. The van der Waals surface area contributed by atoms with Crippen LogP contribution in [0.15, 0.2) is 83.8 Å². The minimum absolute atomic E-state index is 0.0244. The van der Waals surface area contributed by atoms with Crippen LogP contribution in [0.3, 0.4) is 0 Å². The molecule has 3 aromatic rings. The fraction of sp³-hybridized carbons (Fsp3) is 0.323. The summed E-state index contributed by atoms with van der Waals surface area (Å²) in [5.74, 6) is -0.978. The zero-order valence-corrected chi connectivity index (χ0v) is 24.7. The Hall–Kier alpha value is -3.69. The molecule has 8 nitrogen and oxygen atoms in total. The summed E-state index contributed by atoms with van der Waals surface area (Å²) in [5.41, 5.74) is 1.78. The van der Waals surface area contributed by atoms with Gasteiger partial charge in [-0.2, -0.15) is 0 Å². The number of nitrogens with one attached hydrogen (secondary N) is 1. The molecule has 1 aliphatic heterocycles. The van der Waals surface area contributed by atoms with Crippen molar-refractivity contribution >= 4 is 39.3 Å². The fourth-order valence-electron chi connectivity index (χ4n) is 4.78. The number of sulfonamides is 1. The molecule has 41 heavy (non-hydrogen) atoms. The van der Waals surface area contributed by atoms with Crippen molar-refractivity contribution in [2.75, 3.05) is 13.1 Å². The van der Waals surface area contributed by atoms with E-state index >= 15 is 0 Å². The first-order valence-electron chi connectivity index (χ1n) is 13.6. The molecule has 4 rings (SSSR count). The quantitative estimate of drug-likeness (QED) is 0.327. The summed E-state index contributed by atoms with van der Waals surface area (Å²) in [4.78, 5) is 41.6. The van der Waals surface area contributed by atoms with Crippen LogP contribution >= 0.6 is 11.6 Å². The lowest BCUT2D eigenvalue weighted by molar-refractivity contribution is -0.141. The number of halogens is 1. The van der Waals surface area contributed by atoms with E-state index < -0.39 is 22.0 Å². The van der Waals surface area contributed by atoms with Crippen LogP contribution in [0.2, 0.25) is 5.02 Å². The summed E-state index contributed by atoms with van der Waals surface area (Å²) in [6, 6.07) is 21.8. The molecular weight excluding hydrogens is 562 g/mol. The topological polar surface area (TPSA) is 104 Å². The minimum Gasteiger partial charge on any atom is -0.354 e. The maximum atomic E-state index is 13.8. The minimum atomic E-state index is -3.97. The first-order chi connectivity index (χ1) is 19.6. The van der Waals surface area contributed by atoms with Crippen LogP contribution in [0.5, 0.6) is 0 Å². The highest BCUT2D eigenvalue weighted by molar-refractivity contribution is 7.90. The highest BCUT2D eigenvalue weighted by atomic mass is 35.5. The molecule has 0 saturated carbocycles. The summed E-state index contributed by atoms with van der Waals surface area (Å²) >= 11 is 6.22. The van der Waals surface area contributed by atoms with Crippen LogP contribution in [-0.2, 0) is 32.6 Å². The molecule has 0 fully saturated rings. The van der Waals surface area contributed by atoms with Gasteiger partial charge in [-0.3, -0.25) is 14.4 Å². The number of nitrogens with zero attached hydrogens (tertiary/aromatic N) is 2. The third kappa shape index (κ3) is 7.34. The number of fused-ring (bicyclic) bond motifs is 1. The van der Waals surface area contributed by atoms with Gasteiger partial charge in [-0.15, -0.1) is 0 Å². The maximum Gasteiger partial charge on any atom is 0.269 e. The van der Waals surface area contributed by atoms with Gasteiger partial charge in [0.2, 0.25) is 11.8 Å². The Morgan fingerprint density at radius 1 is 0.951 bits per heavy atom. The molecule has 216 valence electrons. The maximum absolute atomic E-state index is 13.8. The lowest BCUT2D eigenvalue weighted by atomic mass is 10.0. The van der Waals surface area contributed by atoms with Gasteiger partial charge in [0.15, 0.2) is 0 Å². The Labute approximate surface area is 246 Å². The van der Waals surface area contributed by atoms with Gasteiger partial charge in [0, 0.05) is 37.5 Å². The largest absolute Gasteiger partial charge is 0.354 e. The second-order valence-corrected chi connectivity index (χ2v) is 12.7. The molecule has 1 aliphatic rings. The van der Waals surface area contributed by atoms with Crippen molar-refractivity contribution in [3.05, 3.63) is 101 Å². The zero-order chi connectivity index (χ0) is 29.6. The lowest BCUT2D eigenvalue weighted by Gasteiger charge is -2.32. The third-order valence-corrected chi connectivity index (χ3v) is 8.94. The molecule has 10 heteroatoms. The van der Waals surface area contributed by atoms with Crippen molar-refractivity contribution in [1.29, 1.82) is 0 Å². The summed E-state index contributed by atoms with van der Waals surface area (Å²) in [7, 11) is -3.97. The Morgan fingerprint density at radius 2 is 1.63 bits per heavy atom. The number of hydrogen-bond donors (Lipinski definition) is 1. The Kier molecular flexibility index (Phi) is 9.83. The van der Waals surface area contributed by atoms with Crippen LogP contribution in [0.25, 0.3) is 0 Å². The van der Waals surface area contributed by atoms with Gasteiger partial charge in [-0.25, -0.2) is 12.7 Å². The highest BCUT2D eigenvalue weighted by Crippen LogP contribution is 2.30. The van der Waals surface area contributed by atoms with Gasteiger partial charge in [-0.1, -0.05) is 80.0 Å². The van der Waals surface area contributed by atoms with E-state index in [-0.39, 0.29) is 54.1 Å². The Bertz CT molecular complexity index is 1510. The second-order valence-electron chi connectivity index (χ2n) is 10.5. The van der Waals surface area contributed by atoms with E-state index in [1.54, 1.807) is 30.3 Å². The number of hydrogen-bond acceptors (Lipinski definition) is 5. The van der Waals surface area contributed by atoms with Crippen molar-refractivity contribution < 1.29 is 22.8 Å². The standard InChI is InChI=1S/C31H34ClN3O5S/c1-22(2)20-33-30(37)27(19-23-10-4-3-5-11-23)34(21-24-12-8-13-25(32)18-24)29(36)16-9-17-35-31(38)26-14-6-7-15-28(26)41(35,39)40/h3-8,10-15,18,22,27H,9,16-17,19-21H2,1-2H3,(H,33,37)/t27-/m0/s1. The van der Waals surface area contributed by atoms with E-state index in [0.717, 1.165) is 15.4 Å². The van der Waals surface area contributed by atoms with Crippen LogP contribution in [0, 0.1) is 5.92 Å². The summed E-state index contributed by atoms with van der Waals surface area (Å²) in [6.07, 6.45) is 0.347. The van der Waals surface area contributed by atoms with Crippen molar-refractivity contribution in [2.45, 2.75) is 50.6 Å². The summed E-state index contributed by atoms with van der Waals surface area (Å²) in [6.45, 7) is 4.44. The average Bonchev–Trinajstić information content (AvgIpc) is 3.14. The van der Waals surface area contributed by atoms with Crippen molar-refractivity contribution in [1.82, 2.24) is 14.5 Å². The van der Waals surface area contributed by atoms with E-state index in [2.05, 4.69) is 5.32 Å². The highest BCUT2D eigenvalue weighted by Gasteiger charge is 2.40. The molecule has 0 spiro atoms. The van der Waals surface area contributed by atoms with Crippen LogP contribution < -0.4 is 5.32 Å². The molecule has 0 aromatic heterocycles. The van der Waals surface area contributed by atoms with Crippen LogP contribution in [-0.4, -0.2) is 54.5 Å². The van der Waals surface area contributed by atoms with E-state index in [9.17, 15) is 22.8 Å². The van der Waals surface area contributed by atoms with Crippen LogP contribution in [0.1, 0.15) is 48.2 Å². The van der Waals surface area contributed by atoms with Gasteiger partial charge >= 0.3 is 0 Å². The number of carbonyl (C=O) groups is 3. The summed E-state index contributed by atoms with van der Waals surface area (Å²) < 4.78 is 26.7. The molecule has 0 aliphatic carbocycles. The molecule has 0 bridgehead atoms. The fourth-order valence-corrected chi connectivity index (χ4v) is 6.60. The SMILES string of the molecule is CC(C)CNC(=O)[C@H](Cc1ccccc1)N(Cc1cccc(Cl)c1)C(=O)CCCN1C(=O)c2ccccc2S1(=O)=O. The Morgan fingerprint density at radius 3 is 2.32 bits per heavy atom. The lowest BCUT2D eigenvalue weighted by Crippen LogP contribution is -2.51.